The van der Waals surface area contributed by atoms with Crippen LogP contribution in [0.1, 0.15) is 86.1 Å². The van der Waals surface area contributed by atoms with Crippen molar-refractivity contribution in [2.45, 2.75) is 93.9 Å². The molecular formula is C56H62N2O2. The molecule has 4 nitrogen and oxygen atoms in total. The Labute approximate surface area is 359 Å². The van der Waals surface area contributed by atoms with Gasteiger partial charge in [0.2, 0.25) is 0 Å². The van der Waals surface area contributed by atoms with Crippen LogP contribution in [0.4, 0.5) is 34.1 Å². The minimum absolute atomic E-state index is 0.0323. The maximum absolute atomic E-state index is 6.10. The Hall–Kier alpha value is -6.00. The summed E-state index contributed by atoms with van der Waals surface area (Å²) in [5.74, 6) is 1.72. The molecule has 0 bridgehead atoms. The van der Waals surface area contributed by atoms with Crippen molar-refractivity contribution in [2.75, 3.05) is 24.0 Å². The molecule has 0 unspecified atom stereocenters. The molecule has 0 aliphatic rings. The number of methoxy groups -OCH3 is 2. The van der Waals surface area contributed by atoms with Crippen LogP contribution in [0.25, 0.3) is 21.9 Å². The number of fused-ring (bicyclic) bond motifs is 1. The summed E-state index contributed by atoms with van der Waals surface area (Å²) in [5, 5.41) is 2.07. The second-order valence-corrected chi connectivity index (χ2v) is 18.6. The van der Waals surface area contributed by atoms with Crippen LogP contribution < -0.4 is 19.3 Å². The van der Waals surface area contributed by atoms with Crippen LogP contribution in [-0.4, -0.2) is 14.2 Å². The molecule has 0 atom stereocenters. The lowest BCUT2D eigenvalue weighted by atomic mass is 9.84. The Morgan fingerprint density at radius 2 is 0.733 bits per heavy atom. The maximum Gasteiger partial charge on any atom is 0.134 e. The lowest BCUT2D eigenvalue weighted by molar-refractivity contribution is 0.414. The molecule has 0 heterocycles. The predicted octanol–water partition coefficient (Wildman–Crippen LogP) is 15.9. The summed E-state index contributed by atoms with van der Waals surface area (Å²) >= 11 is 0. The highest BCUT2D eigenvalue weighted by Crippen LogP contribution is 2.46. The van der Waals surface area contributed by atoms with Gasteiger partial charge in [0.15, 0.2) is 0 Å². The van der Waals surface area contributed by atoms with Crippen molar-refractivity contribution in [1.29, 1.82) is 0 Å². The van der Waals surface area contributed by atoms with Crippen LogP contribution in [0.15, 0.2) is 121 Å². The average molecular weight is 795 g/mol. The molecule has 0 spiro atoms. The van der Waals surface area contributed by atoms with E-state index in [-0.39, 0.29) is 10.8 Å². The topological polar surface area (TPSA) is 24.9 Å². The number of aryl methyl sites for hydroxylation is 6. The van der Waals surface area contributed by atoms with Crippen LogP contribution in [0.3, 0.4) is 0 Å². The molecule has 0 radical (unpaired) electrons. The van der Waals surface area contributed by atoms with E-state index in [0.29, 0.717) is 0 Å². The van der Waals surface area contributed by atoms with Gasteiger partial charge in [-0.25, -0.2) is 0 Å². The molecule has 4 heteroatoms. The molecule has 308 valence electrons. The Bertz CT molecular complexity index is 2630. The van der Waals surface area contributed by atoms with Gasteiger partial charge in [0.05, 0.1) is 25.6 Å². The number of rotatable bonds is 9. The Morgan fingerprint density at radius 3 is 1.12 bits per heavy atom. The molecule has 0 aromatic heterocycles. The van der Waals surface area contributed by atoms with Crippen molar-refractivity contribution < 1.29 is 9.47 Å². The number of nitrogens with zero attached hydrogens (tertiary/aromatic N) is 2. The van der Waals surface area contributed by atoms with Crippen molar-refractivity contribution in [3.8, 4) is 22.6 Å². The van der Waals surface area contributed by atoms with Gasteiger partial charge in [0, 0.05) is 39.1 Å². The summed E-state index contributed by atoms with van der Waals surface area (Å²) < 4.78 is 11.9. The van der Waals surface area contributed by atoms with E-state index in [1.54, 1.807) is 14.2 Å². The van der Waals surface area contributed by atoms with E-state index in [0.717, 1.165) is 61.7 Å². The van der Waals surface area contributed by atoms with Gasteiger partial charge < -0.3 is 19.3 Å². The van der Waals surface area contributed by atoms with Crippen molar-refractivity contribution in [3.63, 3.8) is 0 Å². The molecule has 0 N–H and O–H groups in total. The largest absolute Gasteiger partial charge is 0.496 e. The summed E-state index contributed by atoms with van der Waals surface area (Å²) in [4.78, 5) is 4.84. The molecule has 7 aromatic carbocycles. The minimum atomic E-state index is 0.0323. The van der Waals surface area contributed by atoms with E-state index in [2.05, 4.69) is 214 Å². The third-order valence-electron chi connectivity index (χ3n) is 12.0. The SMILES string of the molecule is COc1c(C)ccc2c(OC)c(-c3ccc(N(c4ccc(N(c5ccc(C)cc5)c5c(C)cc(C(C)(C)C)cc5C)cc4)c4c(C)cc(C(C)(C)C)cc4C)cc3)ccc12. The maximum atomic E-state index is 6.10. The van der Waals surface area contributed by atoms with Crippen LogP contribution in [0.5, 0.6) is 11.5 Å². The van der Waals surface area contributed by atoms with Crippen molar-refractivity contribution in [3.05, 3.63) is 166 Å². The number of hydrogen-bond donors (Lipinski definition) is 0. The first kappa shape index (κ1) is 42.1. The molecule has 0 amide bonds. The van der Waals surface area contributed by atoms with Gasteiger partial charge in [0.25, 0.3) is 0 Å². The summed E-state index contributed by atoms with van der Waals surface area (Å²) in [7, 11) is 3.48. The fourth-order valence-corrected chi connectivity index (χ4v) is 8.71. The van der Waals surface area contributed by atoms with Crippen molar-refractivity contribution in [2.24, 2.45) is 0 Å². The van der Waals surface area contributed by atoms with E-state index in [9.17, 15) is 0 Å². The van der Waals surface area contributed by atoms with Gasteiger partial charge in [-0.15, -0.1) is 0 Å². The molecule has 0 aliphatic carbocycles. The standard InChI is InChI=1S/C56H62N2O2/c1-35-15-20-44(21-16-35)57(51-37(3)31-42(32-38(51)4)55(7,8)9)46-24-26-47(27-25-46)58(52-39(5)33-43(34-40(52)6)56(10,11)12)45-22-18-41(19-23-45)48-29-30-49-50(54(48)60-14)28-17-36(2)53(49)59-13/h15-34H,1-14H3. The second-order valence-electron chi connectivity index (χ2n) is 18.6. The number of anilines is 6. The summed E-state index contributed by atoms with van der Waals surface area (Å²) in [6, 6.07) is 44.8. The average Bonchev–Trinajstić information content (AvgIpc) is 3.20. The van der Waals surface area contributed by atoms with Crippen molar-refractivity contribution in [1.82, 2.24) is 0 Å². The molecule has 0 aliphatic heterocycles. The van der Waals surface area contributed by atoms with Gasteiger partial charge >= 0.3 is 0 Å². The van der Waals surface area contributed by atoms with Crippen LogP contribution in [0, 0.1) is 41.5 Å². The highest BCUT2D eigenvalue weighted by atomic mass is 16.5. The van der Waals surface area contributed by atoms with Crippen LogP contribution in [-0.2, 0) is 10.8 Å². The zero-order chi connectivity index (χ0) is 43.3. The van der Waals surface area contributed by atoms with Gasteiger partial charge in [-0.05, 0) is 158 Å². The highest BCUT2D eigenvalue weighted by Gasteiger charge is 2.25. The first-order valence-electron chi connectivity index (χ1n) is 21.2. The van der Waals surface area contributed by atoms with E-state index in [1.807, 2.05) is 0 Å². The Kier molecular flexibility index (Phi) is 11.4. The molecule has 60 heavy (non-hydrogen) atoms. The minimum Gasteiger partial charge on any atom is -0.496 e. The van der Waals surface area contributed by atoms with Crippen molar-refractivity contribution >= 4 is 44.9 Å². The molecule has 0 fully saturated rings. The highest BCUT2D eigenvalue weighted by molar-refractivity contribution is 5.99. The molecule has 0 saturated heterocycles. The summed E-state index contributed by atoms with van der Waals surface area (Å²) in [6.45, 7) is 26.9. The molecular weight excluding hydrogens is 733 g/mol. The zero-order valence-electron chi connectivity index (χ0n) is 38.3. The zero-order valence-corrected chi connectivity index (χ0v) is 38.3. The quantitative estimate of drug-likeness (QED) is 0.145. The van der Waals surface area contributed by atoms with E-state index >= 15 is 0 Å². The van der Waals surface area contributed by atoms with Crippen LogP contribution >= 0.6 is 0 Å². The second kappa shape index (κ2) is 16.2. The smallest absolute Gasteiger partial charge is 0.134 e. The Balaban J connectivity index is 1.37. The number of hydrogen-bond acceptors (Lipinski definition) is 4. The monoisotopic (exact) mass is 794 g/mol. The van der Waals surface area contributed by atoms with E-state index in [4.69, 9.17) is 9.47 Å². The van der Waals surface area contributed by atoms with Gasteiger partial charge in [0.1, 0.15) is 11.5 Å². The van der Waals surface area contributed by atoms with E-state index in [1.165, 1.54) is 50.3 Å². The van der Waals surface area contributed by atoms with E-state index < -0.39 is 0 Å². The first-order valence-corrected chi connectivity index (χ1v) is 21.2. The lowest BCUT2D eigenvalue weighted by Gasteiger charge is -2.33. The third kappa shape index (κ3) is 8.00. The fourth-order valence-electron chi connectivity index (χ4n) is 8.71. The summed E-state index contributed by atoms with van der Waals surface area (Å²) in [5.41, 5.74) is 19.0. The lowest BCUT2D eigenvalue weighted by Crippen LogP contribution is -2.17. The van der Waals surface area contributed by atoms with Gasteiger partial charge in [-0.3, -0.25) is 0 Å². The molecule has 7 rings (SSSR count). The molecule has 7 aromatic rings. The predicted molar refractivity (Wildman–Crippen MR) is 258 cm³/mol. The van der Waals surface area contributed by atoms with Gasteiger partial charge in [-0.2, -0.15) is 0 Å². The number of benzene rings is 7. The Morgan fingerprint density at radius 1 is 0.383 bits per heavy atom. The normalized spacial score (nSPS) is 11.8. The van der Waals surface area contributed by atoms with Crippen LogP contribution in [0.2, 0.25) is 0 Å². The molecule has 0 saturated carbocycles. The summed E-state index contributed by atoms with van der Waals surface area (Å²) in [6.07, 6.45) is 0. The number of ether oxygens (including phenoxy) is 2. The fraction of sp³-hybridized carbons (Fsp3) is 0.286. The third-order valence-corrected chi connectivity index (χ3v) is 12.0. The first-order chi connectivity index (χ1) is 28.4. The van der Waals surface area contributed by atoms with Gasteiger partial charge in [-0.1, -0.05) is 108 Å².